The minimum atomic E-state index is -1.22. The van der Waals surface area contributed by atoms with Gasteiger partial charge in [0.2, 0.25) is 6.29 Å². The first kappa shape index (κ1) is 26.3. The lowest BCUT2D eigenvalue weighted by molar-refractivity contribution is -0.312. The molecule has 0 amide bonds. The fourth-order valence-electron chi connectivity index (χ4n) is 3.71. The predicted octanol–water partition coefficient (Wildman–Crippen LogP) is 2.94. The van der Waals surface area contributed by atoms with Gasteiger partial charge in [0.25, 0.3) is 0 Å². The van der Waals surface area contributed by atoms with Crippen molar-refractivity contribution in [1.82, 2.24) is 0 Å². The highest BCUT2D eigenvalue weighted by Gasteiger charge is 2.51. The minimum Gasteiger partial charge on any atom is -0.463 e. The Hall–Kier alpha value is -3.27. The van der Waals surface area contributed by atoms with Gasteiger partial charge in [-0.2, -0.15) is 0 Å². The van der Waals surface area contributed by atoms with E-state index in [1.165, 1.54) is 20.8 Å². The molecule has 0 radical (unpaired) electrons. The molecule has 1 aliphatic rings. The van der Waals surface area contributed by atoms with Gasteiger partial charge in [-0.3, -0.25) is 14.4 Å². The third-order valence-corrected chi connectivity index (χ3v) is 5.20. The van der Waals surface area contributed by atoms with Gasteiger partial charge in [0.1, 0.15) is 18.8 Å². The van der Waals surface area contributed by atoms with E-state index in [-0.39, 0.29) is 19.8 Å². The minimum absolute atomic E-state index is 0.143. The summed E-state index contributed by atoms with van der Waals surface area (Å²) in [4.78, 5) is 35.4. The van der Waals surface area contributed by atoms with Gasteiger partial charge in [0.05, 0.1) is 13.2 Å². The van der Waals surface area contributed by atoms with Crippen molar-refractivity contribution in [3.63, 3.8) is 0 Å². The van der Waals surface area contributed by atoms with Gasteiger partial charge < -0.3 is 28.4 Å². The molecule has 9 nitrogen and oxygen atoms in total. The number of ether oxygens (including phenoxy) is 6. The Morgan fingerprint density at radius 2 is 1.20 bits per heavy atom. The quantitative estimate of drug-likeness (QED) is 0.370. The molecule has 1 fully saturated rings. The highest BCUT2D eigenvalue weighted by atomic mass is 16.7. The fraction of sp³-hybridized carbons (Fsp3) is 0.423. The van der Waals surface area contributed by atoms with Crippen molar-refractivity contribution >= 4 is 17.9 Å². The summed E-state index contributed by atoms with van der Waals surface area (Å²) in [5, 5.41) is 0. The molecular weight excluding hydrogens is 456 g/mol. The Labute approximate surface area is 204 Å². The molecule has 0 bridgehead atoms. The van der Waals surface area contributed by atoms with E-state index in [0.717, 1.165) is 11.1 Å². The van der Waals surface area contributed by atoms with E-state index in [0.29, 0.717) is 0 Å². The summed E-state index contributed by atoms with van der Waals surface area (Å²) >= 11 is 0. The molecule has 0 saturated carbocycles. The molecule has 1 aliphatic heterocycles. The summed E-state index contributed by atoms with van der Waals surface area (Å²) in [6.07, 6.45) is -5.02. The Morgan fingerprint density at radius 3 is 1.69 bits per heavy atom. The van der Waals surface area contributed by atoms with Crippen molar-refractivity contribution in [1.29, 1.82) is 0 Å². The van der Waals surface area contributed by atoms with Crippen molar-refractivity contribution in [2.45, 2.75) is 64.7 Å². The average Bonchev–Trinajstić information content (AvgIpc) is 2.82. The summed E-state index contributed by atoms with van der Waals surface area (Å²) in [5.74, 6) is -1.71. The lowest BCUT2D eigenvalue weighted by Gasteiger charge is -2.44. The van der Waals surface area contributed by atoms with Crippen molar-refractivity contribution in [3.05, 3.63) is 71.8 Å². The fourth-order valence-corrected chi connectivity index (χ4v) is 3.71. The van der Waals surface area contributed by atoms with Crippen molar-refractivity contribution in [3.8, 4) is 0 Å². The first-order valence-electron chi connectivity index (χ1n) is 11.3. The van der Waals surface area contributed by atoms with Gasteiger partial charge >= 0.3 is 17.9 Å². The van der Waals surface area contributed by atoms with Crippen LogP contribution in [0.5, 0.6) is 0 Å². The van der Waals surface area contributed by atoms with Gasteiger partial charge in [-0.1, -0.05) is 60.7 Å². The van der Waals surface area contributed by atoms with E-state index in [1.54, 1.807) is 0 Å². The van der Waals surface area contributed by atoms with Crippen LogP contribution < -0.4 is 0 Å². The average molecular weight is 487 g/mol. The van der Waals surface area contributed by atoms with Crippen LogP contribution in [0.15, 0.2) is 60.7 Å². The van der Waals surface area contributed by atoms with E-state index < -0.39 is 48.6 Å². The van der Waals surface area contributed by atoms with Crippen molar-refractivity contribution in [2.24, 2.45) is 0 Å². The van der Waals surface area contributed by atoms with E-state index in [4.69, 9.17) is 28.4 Å². The maximum atomic E-state index is 12.1. The molecule has 1 saturated heterocycles. The van der Waals surface area contributed by atoms with E-state index in [1.807, 2.05) is 60.7 Å². The summed E-state index contributed by atoms with van der Waals surface area (Å²) in [6.45, 7) is 3.88. The summed E-state index contributed by atoms with van der Waals surface area (Å²) in [5.41, 5.74) is 1.74. The number of carbonyl (C=O) groups excluding carboxylic acids is 3. The molecule has 0 aliphatic carbocycles. The monoisotopic (exact) mass is 486 g/mol. The second-order valence-corrected chi connectivity index (χ2v) is 8.05. The summed E-state index contributed by atoms with van der Waals surface area (Å²) in [7, 11) is 0. The number of carbonyl (C=O) groups is 3. The smallest absolute Gasteiger partial charge is 0.305 e. The van der Waals surface area contributed by atoms with Gasteiger partial charge in [-0.05, 0) is 11.1 Å². The molecule has 0 aromatic heterocycles. The molecular formula is C26H30O9. The predicted molar refractivity (Wildman–Crippen MR) is 123 cm³/mol. The van der Waals surface area contributed by atoms with Crippen LogP contribution in [0, 0.1) is 0 Å². The number of hydrogen-bond acceptors (Lipinski definition) is 9. The summed E-state index contributed by atoms with van der Waals surface area (Å²) in [6, 6.07) is 18.8. The topological polar surface area (TPSA) is 107 Å². The maximum absolute atomic E-state index is 12.1. The van der Waals surface area contributed by atoms with Crippen molar-refractivity contribution < 1.29 is 42.8 Å². The Kier molecular flexibility index (Phi) is 9.77. The van der Waals surface area contributed by atoms with Crippen LogP contribution in [0.3, 0.4) is 0 Å². The first-order valence-corrected chi connectivity index (χ1v) is 11.3. The van der Waals surface area contributed by atoms with E-state index >= 15 is 0 Å². The second-order valence-electron chi connectivity index (χ2n) is 8.05. The van der Waals surface area contributed by atoms with Crippen LogP contribution >= 0.6 is 0 Å². The third-order valence-electron chi connectivity index (χ3n) is 5.20. The maximum Gasteiger partial charge on any atom is 0.305 e. The summed E-state index contributed by atoms with van der Waals surface area (Å²) < 4.78 is 34.4. The number of benzene rings is 2. The van der Waals surface area contributed by atoms with Gasteiger partial charge in [-0.25, -0.2) is 0 Å². The SMILES string of the molecule is CC(=O)OC[C@H]1OC(OC(C)=O)[C@H](OCc2ccccc2)[C@@H](OC(C)=O)[C@@H]1OCc1ccccc1. The zero-order chi connectivity index (χ0) is 25.2. The van der Waals surface area contributed by atoms with Gasteiger partial charge in [-0.15, -0.1) is 0 Å². The van der Waals surface area contributed by atoms with Crippen LogP contribution in [-0.2, 0) is 56.0 Å². The van der Waals surface area contributed by atoms with E-state index in [2.05, 4.69) is 0 Å². The highest BCUT2D eigenvalue weighted by molar-refractivity contribution is 5.67. The lowest BCUT2D eigenvalue weighted by Crippen LogP contribution is -2.62. The number of rotatable bonds is 10. The van der Waals surface area contributed by atoms with Crippen LogP contribution in [0.25, 0.3) is 0 Å². The molecule has 1 unspecified atom stereocenters. The number of hydrogen-bond donors (Lipinski definition) is 0. The first-order chi connectivity index (χ1) is 16.8. The molecule has 0 N–H and O–H groups in total. The standard InChI is InChI=1S/C26H30O9/c1-17(27)30-16-22-23(31-14-20-10-6-4-7-11-20)24(33-18(2)28)25(26(35-22)34-19(3)29)32-15-21-12-8-5-9-13-21/h4-13,22-26H,14-16H2,1-3H3/t22-,23-,24+,25-,26?/m1/s1. The molecule has 35 heavy (non-hydrogen) atoms. The molecule has 2 aromatic carbocycles. The van der Waals surface area contributed by atoms with Crippen LogP contribution in [0.4, 0.5) is 0 Å². The Balaban J connectivity index is 1.90. The third kappa shape index (κ3) is 8.17. The zero-order valence-electron chi connectivity index (χ0n) is 20.0. The van der Waals surface area contributed by atoms with Gasteiger partial charge in [0, 0.05) is 20.8 Å². The highest BCUT2D eigenvalue weighted by Crippen LogP contribution is 2.31. The van der Waals surface area contributed by atoms with E-state index in [9.17, 15) is 14.4 Å². The normalized spacial score (nSPS) is 23.8. The molecule has 5 atom stereocenters. The van der Waals surface area contributed by atoms with Crippen LogP contribution in [0.1, 0.15) is 31.9 Å². The largest absolute Gasteiger partial charge is 0.463 e. The Morgan fingerprint density at radius 1 is 0.686 bits per heavy atom. The Bertz CT molecular complexity index is 963. The second kappa shape index (κ2) is 13.0. The molecule has 1 heterocycles. The lowest BCUT2D eigenvalue weighted by atomic mass is 9.98. The zero-order valence-corrected chi connectivity index (χ0v) is 20.0. The molecule has 9 heteroatoms. The van der Waals surface area contributed by atoms with Crippen LogP contribution in [-0.4, -0.2) is 55.2 Å². The number of esters is 3. The molecule has 188 valence electrons. The van der Waals surface area contributed by atoms with Crippen molar-refractivity contribution in [2.75, 3.05) is 6.61 Å². The van der Waals surface area contributed by atoms with Crippen LogP contribution in [0.2, 0.25) is 0 Å². The molecule has 0 spiro atoms. The van der Waals surface area contributed by atoms with Gasteiger partial charge in [0.15, 0.2) is 12.2 Å². The molecule has 2 aromatic rings. The molecule has 3 rings (SSSR count).